The zero-order valence-corrected chi connectivity index (χ0v) is 18.1. The molecule has 0 unspecified atom stereocenters. The summed E-state index contributed by atoms with van der Waals surface area (Å²) in [6, 6.07) is 25.6. The summed E-state index contributed by atoms with van der Waals surface area (Å²) < 4.78 is 38.1. The fourth-order valence-corrected chi connectivity index (χ4v) is 4.14. The number of halogens is 3. The highest BCUT2D eigenvalue weighted by Crippen LogP contribution is 2.30. The van der Waals surface area contributed by atoms with E-state index in [0.717, 1.165) is 25.2 Å². The quantitative estimate of drug-likeness (QED) is 0.469. The molecule has 0 spiro atoms. The molecule has 4 rings (SSSR count). The Morgan fingerprint density at radius 3 is 1.76 bits per heavy atom. The van der Waals surface area contributed by atoms with Gasteiger partial charge in [0.1, 0.15) is 0 Å². The van der Waals surface area contributed by atoms with E-state index in [0.29, 0.717) is 18.7 Å². The standard InChI is InChI=1S/C27H25F3N2O/c28-27(29,30)24-14-11-21(12-15-24)13-16-25(33)31-17-19-32(20-18-31)26(22-7-3-1-4-8-22)23-9-5-2-6-10-23/h1-16,26H,17-20H2/b16-13+. The number of amides is 1. The van der Waals surface area contributed by atoms with Crippen molar-refractivity contribution in [2.45, 2.75) is 12.2 Å². The summed E-state index contributed by atoms with van der Waals surface area (Å²) in [6.07, 6.45) is -1.37. The van der Waals surface area contributed by atoms with E-state index < -0.39 is 11.7 Å². The normalized spacial score (nSPS) is 15.3. The maximum atomic E-state index is 12.7. The number of nitrogens with zero attached hydrogens (tertiary/aromatic N) is 2. The van der Waals surface area contributed by atoms with Gasteiger partial charge in [0, 0.05) is 32.3 Å². The molecule has 33 heavy (non-hydrogen) atoms. The molecule has 0 radical (unpaired) electrons. The van der Waals surface area contributed by atoms with Crippen molar-refractivity contribution < 1.29 is 18.0 Å². The lowest BCUT2D eigenvalue weighted by molar-refractivity contribution is -0.137. The van der Waals surface area contributed by atoms with Gasteiger partial charge in [0.25, 0.3) is 0 Å². The molecule has 1 fully saturated rings. The molecule has 0 atom stereocenters. The predicted octanol–water partition coefficient (Wildman–Crippen LogP) is 5.65. The Bertz CT molecular complexity index is 1030. The van der Waals surface area contributed by atoms with Crippen LogP contribution in [0.1, 0.15) is 28.3 Å². The van der Waals surface area contributed by atoms with E-state index in [1.54, 1.807) is 11.0 Å². The van der Waals surface area contributed by atoms with Crippen LogP contribution in [0.3, 0.4) is 0 Å². The van der Waals surface area contributed by atoms with Crippen LogP contribution < -0.4 is 0 Å². The highest BCUT2D eigenvalue weighted by Gasteiger charge is 2.30. The molecule has 3 aromatic carbocycles. The lowest BCUT2D eigenvalue weighted by atomic mass is 9.96. The Balaban J connectivity index is 1.40. The molecule has 1 saturated heterocycles. The fourth-order valence-electron chi connectivity index (χ4n) is 4.14. The smallest absolute Gasteiger partial charge is 0.337 e. The number of benzene rings is 3. The van der Waals surface area contributed by atoms with Crippen molar-refractivity contribution in [1.29, 1.82) is 0 Å². The summed E-state index contributed by atoms with van der Waals surface area (Å²) >= 11 is 0. The average molecular weight is 451 g/mol. The number of carbonyl (C=O) groups is 1. The van der Waals surface area contributed by atoms with E-state index in [1.165, 1.54) is 29.3 Å². The van der Waals surface area contributed by atoms with Crippen molar-refractivity contribution in [3.05, 3.63) is 113 Å². The zero-order valence-electron chi connectivity index (χ0n) is 18.1. The summed E-state index contributed by atoms with van der Waals surface area (Å²) in [5.41, 5.74) is 2.29. The SMILES string of the molecule is O=C(/C=C/c1ccc(C(F)(F)F)cc1)N1CCN(C(c2ccccc2)c2ccccc2)CC1. The second-order valence-electron chi connectivity index (χ2n) is 8.04. The predicted molar refractivity (Wildman–Crippen MR) is 123 cm³/mol. The van der Waals surface area contributed by atoms with Gasteiger partial charge in [0.05, 0.1) is 11.6 Å². The van der Waals surface area contributed by atoms with Crippen LogP contribution in [0, 0.1) is 0 Å². The summed E-state index contributed by atoms with van der Waals surface area (Å²) in [6.45, 7) is 2.64. The number of piperazine rings is 1. The third-order valence-electron chi connectivity index (χ3n) is 5.88. The van der Waals surface area contributed by atoms with Gasteiger partial charge >= 0.3 is 6.18 Å². The first-order valence-electron chi connectivity index (χ1n) is 10.9. The highest BCUT2D eigenvalue weighted by molar-refractivity contribution is 5.91. The lowest BCUT2D eigenvalue weighted by Crippen LogP contribution is -2.49. The van der Waals surface area contributed by atoms with Gasteiger partial charge in [-0.3, -0.25) is 9.69 Å². The molecule has 1 aliphatic rings. The molecule has 0 N–H and O–H groups in total. The van der Waals surface area contributed by atoms with Crippen molar-refractivity contribution in [2.75, 3.05) is 26.2 Å². The van der Waals surface area contributed by atoms with Crippen LogP contribution in [-0.2, 0) is 11.0 Å². The van der Waals surface area contributed by atoms with Gasteiger partial charge in [-0.1, -0.05) is 72.8 Å². The number of hydrogen-bond acceptors (Lipinski definition) is 2. The first-order valence-corrected chi connectivity index (χ1v) is 10.9. The van der Waals surface area contributed by atoms with Gasteiger partial charge in [0.15, 0.2) is 0 Å². The van der Waals surface area contributed by atoms with Crippen LogP contribution in [0.4, 0.5) is 13.2 Å². The topological polar surface area (TPSA) is 23.6 Å². The average Bonchev–Trinajstić information content (AvgIpc) is 2.84. The summed E-state index contributed by atoms with van der Waals surface area (Å²) in [4.78, 5) is 16.8. The molecular formula is C27H25F3N2O. The van der Waals surface area contributed by atoms with E-state index >= 15 is 0 Å². The number of carbonyl (C=O) groups excluding carboxylic acids is 1. The van der Waals surface area contributed by atoms with Crippen molar-refractivity contribution in [3.8, 4) is 0 Å². The Morgan fingerprint density at radius 2 is 1.27 bits per heavy atom. The van der Waals surface area contributed by atoms with Crippen LogP contribution in [0.15, 0.2) is 91.0 Å². The van der Waals surface area contributed by atoms with E-state index in [9.17, 15) is 18.0 Å². The lowest BCUT2D eigenvalue weighted by Gasteiger charge is -2.39. The summed E-state index contributed by atoms with van der Waals surface area (Å²) in [5, 5.41) is 0. The molecule has 0 bridgehead atoms. The van der Waals surface area contributed by atoms with Crippen LogP contribution >= 0.6 is 0 Å². The maximum absolute atomic E-state index is 12.7. The monoisotopic (exact) mass is 450 g/mol. The molecule has 170 valence electrons. The largest absolute Gasteiger partial charge is 0.416 e. The van der Waals surface area contributed by atoms with Crippen LogP contribution in [0.5, 0.6) is 0 Å². The molecule has 1 heterocycles. The van der Waals surface area contributed by atoms with Gasteiger partial charge in [-0.2, -0.15) is 13.2 Å². The van der Waals surface area contributed by atoms with E-state index in [4.69, 9.17) is 0 Å². The summed E-state index contributed by atoms with van der Waals surface area (Å²) in [7, 11) is 0. The van der Waals surface area contributed by atoms with Gasteiger partial charge in [-0.25, -0.2) is 0 Å². The minimum atomic E-state index is -4.37. The Hall–Kier alpha value is -3.38. The second-order valence-corrected chi connectivity index (χ2v) is 8.04. The van der Waals surface area contributed by atoms with Gasteiger partial charge < -0.3 is 4.90 Å². The molecule has 1 amide bonds. The third kappa shape index (κ3) is 5.71. The first kappa shape index (κ1) is 22.8. The van der Waals surface area contributed by atoms with Crippen molar-refractivity contribution in [1.82, 2.24) is 9.80 Å². The van der Waals surface area contributed by atoms with Crippen LogP contribution in [0.25, 0.3) is 6.08 Å². The molecular weight excluding hydrogens is 425 g/mol. The molecule has 0 aromatic heterocycles. The third-order valence-corrected chi connectivity index (χ3v) is 5.88. The fraction of sp³-hybridized carbons (Fsp3) is 0.222. The van der Waals surface area contributed by atoms with Gasteiger partial charge in [0.2, 0.25) is 5.91 Å². The minimum absolute atomic E-state index is 0.118. The number of alkyl halides is 3. The maximum Gasteiger partial charge on any atom is 0.416 e. The van der Waals surface area contributed by atoms with E-state index in [-0.39, 0.29) is 11.9 Å². The van der Waals surface area contributed by atoms with Crippen LogP contribution in [-0.4, -0.2) is 41.9 Å². The summed E-state index contributed by atoms with van der Waals surface area (Å²) in [5.74, 6) is -0.134. The first-order chi connectivity index (χ1) is 15.9. The molecule has 0 saturated carbocycles. The number of rotatable bonds is 5. The Kier molecular flexibility index (Phi) is 6.94. The minimum Gasteiger partial charge on any atom is -0.337 e. The molecule has 3 aromatic rings. The Labute approximate surface area is 191 Å². The number of hydrogen-bond donors (Lipinski definition) is 0. The van der Waals surface area contributed by atoms with E-state index in [1.807, 2.05) is 36.4 Å². The van der Waals surface area contributed by atoms with Gasteiger partial charge in [-0.15, -0.1) is 0 Å². The molecule has 3 nitrogen and oxygen atoms in total. The Morgan fingerprint density at radius 1 is 0.758 bits per heavy atom. The highest BCUT2D eigenvalue weighted by atomic mass is 19.4. The van der Waals surface area contributed by atoms with Crippen molar-refractivity contribution >= 4 is 12.0 Å². The molecule has 0 aliphatic carbocycles. The van der Waals surface area contributed by atoms with Crippen molar-refractivity contribution in [2.24, 2.45) is 0 Å². The molecule has 1 aliphatic heterocycles. The van der Waals surface area contributed by atoms with E-state index in [2.05, 4.69) is 29.2 Å². The zero-order chi connectivity index (χ0) is 23.3. The molecule has 6 heteroatoms. The second kappa shape index (κ2) is 10.0. The van der Waals surface area contributed by atoms with Crippen molar-refractivity contribution in [3.63, 3.8) is 0 Å². The van der Waals surface area contributed by atoms with Gasteiger partial charge in [-0.05, 0) is 34.9 Å². The van der Waals surface area contributed by atoms with Crippen LogP contribution in [0.2, 0.25) is 0 Å².